The molecular weight excluding hydrogens is 230 g/mol. The highest BCUT2D eigenvalue weighted by atomic mass is 16.5. The predicted molar refractivity (Wildman–Crippen MR) is 68.8 cm³/mol. The molecule has 0 unspecified atom stereocenters. The van der Waals surface area contributed by atoms with Crippen LogP contribution >= 0.6 is 0 Å². The summed E-state index contributed by atoms with van der Waals surface area (Å²) >= 11 is 0. The second-order valence-electron chi connectivity index (χ2n) is 4.37. The van der Waals surface area contributed by atoms with Crippen LogP contribution in [0.15, 0.2) is 18.3 Å². The van der Waals surface area contributed by atoms with Gasteiger partial charge in [0.2, 0.25) is 5.88 Å². The number of ether oxygens (including phenoxy) is 1. The number of nitrogens with zero attached hydrogens (tertiary/aromatic N) is 2. The van der Waals surface area contributed by atoms with Crippen LogP contribution in [0.2, 0.25) is 0 Å². The number of hydrogen-bond acceptors (Lipinski definition) is 4. The second-order valence-corrected chi connectivity index (χ2v) is 4.37. The van der Waals surface area contributed by atoms with Gasteiger partial charge < -0.3 is 15.0 Å². The number of methoxy groups -OCH3 is 1. The Hall–Kier alpha value is -1.62. The van der Waals surface area contributed by atoms with Crippen molar-refractivity contribution in [3.8, 4) is 5.88 Å². The number of amides is 1. The van der Waals surface area contributed by atoms with Crippen LogP contribution in [0.4, 0.5) is 0 Å². The Bertz CT molecular complexity index is 418. The summed E-state index contributed by atoms with van der Waals surface area (Å²) in [6.07, 6.45) is 2.58. The van der Waals surface area contributed by atoms with Crippen LogP contribution in [-0.2, 0) is 0 Å². The highest BCUT2D eigenvalue weighted by molar-refractivity contribution is 5.96. The molecule has 1 aliphatic heterocycles. The minimum Gasteiger partial charge on any atom is -0.480 e. The normalized spacial score (nSPS) is 15.0. The molecule has 98 valence electrons. The Kier molecular flexibility index (Phi) is 4.15. The van der Waals surface area contributed by atoms with Crippen LogP contribution in [0, 0.1) is 0 Å². The van der Waals surface area contributed by atoms with Crippen LogP contribution in [0.5, 0.6) is 5.88 Å². The van der Waals surface area contributed by atoms with E-state index in [0.29, 0.717) is 17.5 Å². The molecule has 0 radical (unpaired) electrons. The molecule has 1 aliphatic rings. The molecule has 1 fully saturated rings. The Morgan fingerprint density at radius 1 is 1.61 bits per heavy atom. The first-order valence-electron chi connectivity index (χ1n) is 6.28. The average molecular weight is 249 g/mol. The summed E-state index contributed by atoms with van der Waals surface area (Å²) in [5, 5.41) is 3.19. The Balaban J connectivity index is 2.21. The number of carbonyl (C=O) groups excluding carboxylic acids is 1. The fraction of sp³-hybridized carbons (Fsp3) is 0.538. The molecule has 5 heteroatoms. The Morgan fingerprint density at radius 2 is 2.39 bits per heavy atom. The molecule has 0 aromatic carbocycles. The average Bonchev–Trinajstić information content (AvgIpc) is 2.35. The SMILES string of the molecule is CCCN(C(=O)c1cccnc1OC)C1CNC1. The topological polar surface area (TPSA) is 54.5 Å². The van der Waals surface area contributed by atoms with Crippen LogP contribution in [-0.4, -0.2) is 48.6 Å². The van der Waals surface area contributed by atoms with E-state index in [4.69, 9.17) is 4.74 Å². The third-order valence-corrected chi connectivity index (χ3v) is 3.12. The first kappa shape index (κ1) is 12.8. The maximum atomic E-state index is 12.5. The lowest BCUT2D eigenvalue weighted by atomic mass is 10.1. The van der Waals surface area contributed by atoms with Crippen molar-refractivity contribution in [2.24, 2.45) is 0 Å². The molecule has 1 amide bonds. The Morgan fingerprint density at radius 3 is 2.94 bits per heavy atom. The van der Waals surface area contributed by atoms with Crippen molar-refractivity contribution in [3.05, 3.63) is 23.9 Å². The van der Waals surface area contributed by atoms with Gasteiger partial charge in [-0.2, -0.15) is 0 Å². The maximum absolute atomic E-state index is 12.5. The molecule has 0 saturated carbocycles. The molecule has 18 heavy (non-hydrogen) atoms. The molecule has 5 nitrogen and oxygen atoms in total. The van der Waals surface area contributed by atoms with E-state index < -0.39 is 0 Å². The third kappa shape index (κ3) is 2.46. The summed E-state index contributed by atoms with van der Waals surface area (Å²) < 4.78 is 5.15. The fourth-order valence-corrected chi connectivity index (χ4v) is 2.06. The van der Waals surface area contributed by atoms with E-state index in [1.165, 1.54) is 7.11 Å². The molecule has 0 spiro atoms. The van der Waals surface area contributed by atoms with Gasteiger partial charge in [0.15, 0.2) is 0 Å². The highest BCUT2D eigenvalue weighted by Crippen LogP contribution is 2.19. The quantitative estimate of drug-likeness (QED) is 0.843. The lowest BCUT2D eigenvalue weighted by Crippen LogP contribution is -2.59. The number of aromatic nitrogens is 1. The predicted octanol–water partition coefficient (Wildman–Crippen LogP) is 0.914. The van der Waals surface area contributed by atoms with Crippen LogP contribution in [0.1, 0.15) is 23.7 Å². The molecule has 2 heterocycles. The van der Waals surface area contributed by atoms with Gasteiger partial charge in [0, 0.05) is 25.8 Å². The van der Waals surface area contributed by atoms with Crippen molar-refractivity contribution in [3.63, 3.8) is 0 Å². The van der Waals surface area contributed by atoms with Gasteiger partial charge in [-0.05, 0) is 18.6 Å². The van der Waals surface area contributed by atoms with Crippen molar-refractivity contribution >= 4 is 5.91 Å². The minimum atomic E-state index is 0.00769. The molecule has 1 N–H and O–H groups in total. The van der Waals surface area contributed by atoms with Gasteiger partial charge in [-0.1, -0.05) is 6.92 Å². The van der Waals surface area contributed by atoms with E-state index in [-0.39, 0.29) is 5.91 Å². The number of carbonyl (C=O) groups is 1. The largest absolute Gasteiger partial charge is 0.480 e. The van der Waals surface area contributed by atoms with Crippen molar-refractivity contribution in [1.82, 2.24) is 15.2 Å². The van der Waals surface area contributed by atoms with Gasteiger partial charge >= 0.3 is 0 Å². The summed E-state index contributed by atoms with van der Waals surface area (Å²) in [5.74, 6) is 0.407. The summed E-state index contributed by atoms with van der Waals surface area (Å²) in [7, 11) is 1.54. The second kappa shape index (κ2) is 5.82. The lowest BCUT2D eigenvalue weighted by molar-refractivity contribution is 0.0611. The van der Waals surface area contributed by atoms with Crippen LogP contribution in [0.25, 0.3) is 0 Å². The monoisotopic (exact) mass is 249 g/mol. The zero-order valence-electron chi connectivity index (χ0n) is 10.8. The van der Waals surface area contributed by atoms with Crippen molar-refractivity contribution in [1.29, 1.82) is 0 Å². The Labute approximate surface area is 107 Å². The van der Waals surface area contributed by atoms with E-state index in [9.17, 15) is 4.79 Å². The lowest BCUT2D eigenvalue weighted by Gasteiger charge is -2.38. The van der Waals surface area contributed by atoms with Gasteiger partial charge in [0.25, 0.3) is 5.91 Å². The molecule has 2 rings (SSSR count). The number of nitrogens with one attached hydrogen (secondary N) is 1. The zero-order valence-corrected chi connectivity index (χ0v) is 10.8. The maximum Gasteiger partial charge on any atom is 0.259 e. The third-order valence-electron chi connectivity index (χ3n) is 3.12. The summed E-state index contributed by atoms with van der Waals surface area (Å²) in [6, 6.07) is 3.82. The minimum absolute atomic E-state index is 0.00769. The van der Waals surface area contributed by atoms with Gasteiger partial charge in [0.05, 0.1) is 13.2 Å². The van der Waals surface area contributed by atoms with Crippen molar-refractivity contribution in [2.45, 2.75) is 19.4 Å². The van der Waals surface area contributed by atoms with Gasteiger partial charge in [0.1, 0.15) is 5.56 Å². The number of rotatable bonds is 5. The molecule has 1 saturated heterocycles. The number of hydrogen-bond donors (Lipinski definition) is 1. The van der Waals surface area contributed by atoms with E-state index in [0.717, 1.165) is 26.1 Å². The first-order valence-corrected chi connectivity index (χ1v) is 6.28. The molecule has 0 aliphatic carbocycles. The summed E-state index contributed by atoms with van der Waals surface area (Å²) in [5.41, 5.74) is 0.542. The smallest absolute Gasteiger partial charge is 0.259 e. The van der Waals surface area contributed by atoms with E-state index in [1.807, 2.05) is 4.90 Å². The molecular formula is C13H19N3O2. The molecule has 0 atom stereocenters. The number of pyridine rings is 1. The highest BCUT2D eigenvalue weighted by Gasteiger charge is 2.30. The van der Waals surface area contributed by atoms with Crippen LogP contribution < -0.4 is 10.1 Å². The fourth-order valence-electron chi connectivity index (χ4n) is 2.06. The molecule has 0 bridgehead atoms. The zero-order chi connectivity index (χ0) is 13.0. The van der Waals surface area contributed by atoms with Gasteiger partial charge in [-0.25, -0.2) is 4.98 Å². The standard InChI is InChI=1S/C13H19N3O2/c1-3-7-16(10-8-14-9-10)13(17)11-5-4-6-15-12(11)18-2/h4-6,10,14H,3,7-9H2,1-2H3. The van der Waals surface area contributed by atoms with Crippen LogP contribution in [0.3, 0.4) is 0 Å². The molecule has 1 aromatic heterocycles. The molecule has 1 aromatic rings. The van der Waals surface area contributed by atoms with Crippen molar-refractivity contribution < 1.29 is 9.53 Å². The first-order chi connectivity index (χ1) is 8.77. The van der Waals surface area contributed by atoms with E-state index in [2.05, 4.69) is 17.2 Å². The van der Waals surface area contributed by atoms with Gasteiger partial charge in [-0.15, -0.1) is 0 Å². The van der Waals surface area contributed by atoms with E-state index >= 15 is 0 Å². The summed E-state index contributed by atoms with van der Waals surface area (Å²) in [6.45, 7) is 4.58. The van der Waals surface area contributed by atoms with Gasteiger partial charge in [-0.3, -0.25) is 4.79 Å². The summed E-state index contributed by atoms with van der Waals surface area (Å²) in [4.78, 5) is 18.5. The van der Waals surface area contributed by atoms with E-state index in [1.54, 1.807) is 18.3 Å². The van der Waals surface area contributed by atoms with Crippen molar-refractivity contribution in [2.75, 3.05) is 26.7 Å².